The Balaban J connectivity index is 1.15. The normalized spacial score (nSPS) is 11.6. The molecule has 0 spiro atoms. The molecule has 0 radical (unpaired) electrons. The standard InChI is InChI=1S/C44H27N5S/c1-4-12-28(13-5-1)31-21-23-38-36(26-31)34-20-11-25-45-44(34)49(38)32-22-24-39-37(27-32)33-18-10-19-35(40(33)50-39)43-47-41(29-14-6-2-7-15-29)46-42(48-43)30-16-8-3-9-17-30/h1-27H. The number of nitrogens with zero attached hydrogens (tertiary/aromatic N) is 5. The molecule has 0 fully saturated rings. The summed E-state index contributed by atoms with van der Waals surface area (Å²) in [7, 11) is 0. The van der Waals surface area contributed by atoms with Crippen molar-refractivity contribution >= 4 is 53.4 Å². The van der Waals surface area contributed by atoms with Gasteiger partial charge in [-0.15, -0.1) is 11.3 Å². The molecule has 0 N–H and O–H groups in total. The minimum absolute atomic E-state index is 0.657. The lowest BCUT2D eigenvalue weighted by molar-refractivity contribution is 1.08. The van der Waals surface area contributed by atoms with Gasteiger partial charge in [-0.2, -0.15) is 0 Å². The first-order valence-electron chi connectivity index (χ1n) is 16.6. The molecule has 0 aliphatic heterocycles. The summed E-state index contributed by atoms with van der Waals surface area (Å²) in [5.41, 5.74) is 8.45. The van der Waals surface area contributed by atoms with Gasteiger partial charge in [0.15, 0.2) is 17.5 Å². The Morgan fingerprint density at radius 1 is 0.440 bits per heavy atom. The highest BCUT2D eigenvalue weighted by Crippen LogP contribution is 2.42. The highest BCUT2D eigenvalue weighted by molar-refractivity contribution is 7.26. The zero-order valence-corrected chi connectivity index (χ0v) is 27.5. The van der Waals surface area contributed by atoms with E-state index in [2.05, 4.69) is 95.6 Å². The highest BCUT2D eigenvalue weighted by Gasteiger charge is 2.19. The second kappa shape index (κ2) is 11.6. The Morgan fingerprint density at radius 2 is 1.10 bits per heavy atom. The van der Waals surface area contributed by atoms with E-state index in [1.807, 2.05) is 72.9 Å². The summed E-state index contributed by atoms with van der Waals surface area (Å²) in [5.74, 6) is 1.98. The summed E-state index contributed by atoms with van der Waals surface area (Å²) in [4.78, 5) is 19.9. The van der Waals surface area contributed by atoms with Gasteiger partial charge in [-0.25, -0.2) is 19.9 Å². The predicted octanol–water partition coefficient (Wildman–Crippen LogP) is 11.4. The Kier molecular flexibility index (Phi) is 6.60. The molecule has 4 heterocycles. The van der Waals surface area contributed by atoms with Crippen LogP contribution in [0.2, 0.25) is 0 Å². The number of rotatable bonds is 5. The average molecular weight is 658 g/mol. The van der Waals surface area contributed by atoms with Gasteiger partial charge in [0.2, 0.25) is 0 Å². The predicted molar refractivity (Wildman–Crippen MR) is 207 cm³/mol. The zero-order chi connectivity index (χ0) is 33.0. The molecule has 0 saturated heterocycles. The summed E-state index contributed by atoms with van der Waals surface area (Å²) in [6, 6.07) is 54.9. The molecule has 0 saturated carbocycles. The van der Waals surface area contributed by atoms with Crippen molar-refractivity contribution in [1.82, 2.24) is 24.5 Å². The Bertz CT molecular complexity index is 2800. The van der Waals surface area contributed by atoms with Crippen molar-refractivity contribution in [3.05, 3.63) is 164 Å². The van der Waals surface area contributed by atoms with Crippen LogP contribution in [0.5, 0.6) is 0 Å². The highest BCUT2D eigenvalue weighted by atomic mass is 32.1. The third-order valence-electron chi connectivity index (χ3n) is 9.31. The van der Waals surface area contributed by atoms with Crippen LogP contribution in [0.4, 0.5) is 0 Å². The van der Waals surface area contributed by atoms with E-state index >= 15 is 0 Å². The molecule has 234 valence electrons. The molecule has 0 bridgehead atoms. The Hall–Kier alpha value is -6.50. The van der Waals surface area contributed by atoms with Crippen LogP contribution in [0.25, 0.3) is 93.1 Å². The molecular formula is C44H27N5S. The zero-order valence-electron chi connectivity index (χ0n) is 26.7. The fourth-order valence-electron chi connectivity index (χ4n) is 6.95. The van der Waals surface area contributed by atoms with Crippen molar-refractivity contribution in [3.8, 4) is 51.0 Å². The molecule has 50 heavy (non-hydrogen) atoms. The van der Waals surface area contributed by atoms with Crippen molar-refractivity contribution in [2.24, 2.45) is 0 Å². The maximum absolute atomic E-state index is 5.05. The SMILES string of the molecule is c1ccc(-c2ccc3c(c2)c2cccnc2n3-c2ccc3sc4c(-c5nc(-c6ccccc6)nc(-c6ccccc6)n5)cccc4c3c2)cc1. The first-order chi connectivity index (χ1) is 24.8. The monoisotopic (exact) mass is 657 g/mol. The molecule has 6 aromatic carbocycles. The van der Waals surface area contributed by atoms with Gasteiger partial charge in [0.1, 0.15) is 5.65 Å². The molecule has 10 aromatic rings. The van der Waals surface area contributed by atoms with Crippen LogP contribution in [0.3, 0.4) is 0 Å². The molecular weight excluding hydrogens is 631 g/mol. The van der Waals surface area contributed by atoms with Gasteiger partial charge in [-0.1, -0.05) is 109 Å². The minimum atomic E-state index is 0.657. The van der Waals surface area contributed by atoms with Gasteiger partial charge in [0.25, 0.3) is 0 Å². The summed E-state index contributed by atoms with van der Waals surface area (Å²) < 4.78 is 4.64. The van der Waals surface area contributed by atoms with E-state index in [0.29, 0.717) is 17.5 Å². The van der Waals surface area contributed by atoms with Gasteiger partial charge in [0, 0.05) is 59.5 Å². The first kappa shape index (κ1) is 28.5. The maximum atomic E-state index is 5.05. The van der Waals surface area contributed by atoms with E-state index in [-0.39, 0.29) is 0 Å². The molecule has 0 aliphatic carbocycles. The van der Waals surface area contributed by atoms with Crippen LogP contribution < -0.4 is 0 Å². The van der Waals surface area contributed by atoms with Crippen LogP contribution >= 0.6 is 11.3 Å². The molecule has 0 unspecified atom stereocenters. The van der Waals surface area contributed by atoms with Gasteiger partial charge in [0.05, 0.1) is 5.52 Å². The molecule has 5 nitrogen and oxygen atoms in total. The second-order valence-electron chi connectivity index (χ2n) is 12.3. The van der Waals surface area contributed by atoms with Crippen LogP contribution in [0.1, 0.15) is 0 Å². The number of pyridine rings is 1. The van der Waals surface area contributed by atoms with E-state index in [4.69, 9.17) is 19.9 Å². The van der Waals surface area contributed by atoms with Gasteiger partial charge < -0.3 is 0 Å². The van der Waals surface area contributed by atoms with Crippen LogP contribution in [-0.4, -0.2) is 24.5 Å². The van der Waals surface area contributed by atoms with E-state index in [0.717, 1.165) is 43.6 Å². The third kappa shape index (κ3) is 4.69. The van der Waals surface area contributed by atoms with Gasteiger partial charge in [-0.05, 0) is 59.7 Å². The fraction of sp³-hybridized carbons (Fsp3) is 0. The molecule has 0 atom stereocenters. The maximum Gasteiger partial charge on any atom is 0.165 e. The smallest absolute Gasteiger partial charge is 0.165 e. The molecule has 6 heteroatoms. The van der Waals surface area contributed by atoms with E-state index in [9.17, 15) is 0 Å². The van der Waals surface area contributed by atoms with Crippen LogP contribution in [0, 0.1) is 0 Å². The van der Waals surface area contributed by atoms with Crippen LogP contribution in [0.15, 0.2) is 164 Å². The first-order valence-corrected chi connectivity index (χ1v) is 17.4. The summed E-state index contributed by atoms with van der Waals surface area (Å²) in [6.45, 7) is 0. The van der Waals surface area contributed by atoms with Crippen molar-refractivity contribution < 1.29 is 0 Å². The largest absolute Gasteiger partial charge is 0.294 e. The molecule has 0 aliphatic rings. The van der Waals surface area contributed by atoms with E-state index < -0.39 is 0 Å². The van der Waals surface area contributed by atoms with Gasteiger partial charge >= 0.3 is 0 Å². The number of hydrogen-bond donors (Lipinski definition) is 0. The second-order valence-corrected chi connectivity index (χ2v) is 13.4. The van der Waals surface area contributed by atoms with Gasteiger partial charge in [-0.3, -0.25) is 4.57 Å². The lowest BCUT2D eigenvalue weighted by atomic mass is 10.0. The lowest BCUT2D eigenvalue weighted by Crippen LogP contribution is -2.00. The number of thiophene rings is 1. The number of aromatic nitrogens is 5. The summed E-state index contributed by atoms with van der Waals surface area (Å²) in [5, 5.41) is 4.69. The van der Waals surface area contributed by atoms with Crippen molar-refractivity contribution in [3.63, 3.8) is 0 Å². The van der Waals surface area contributed by atoms with E-state index in [1.165, 1.54) is 32.0 Å². The number of hydrogen-bond acceptors (Lipinski definition) is 5. The minimum Gasteiger partial charge on any atom is -0.294 e. The average Bonchev–Trinajstić information content (AvgIpc) is 3.74. The Labute approximate surface area is 291 Å². The topological polar surface area (TPSA) is 56.5 Å². The summed E-state index contributed by atoms with van der Waals surface area (Å²) >= 11 is 1.77. The summed E-state index contributed by atoms with van der Waals surface area (Å²) in [6.07, 6.45) is 1.88. The third-order valence-corrected chi connectivity index (χ3v) is 10.5. The van der Waals surface area contributed by atoms with Crippen molar-refractivity contribution in [1.29, 1.82) is 0 Å². The fourth-order valence-corrected chi connectivity index (χ4v) is 8.14. The lowest BCUT2D eigenvalue weighted by Gasteiger charge is -2.09. The van der Waals surface area contributed by atoms with Crippen LogP contribution in [-0.2, 0) is 0 Å². The molecule has 10 rings (SSSR count). The van der Waals surface area contributed by atoms with E-state index in [1.54, 1.807) is 11.3 Å². The Morgan fingerprint density at radius 3 is 1.82 bits per heavy atom. The number of benzene rings is 6. The van der Waals surface area contributed by atoms with Crippen molar-refractivity contribution in [2.45, 2.75) is 0 Å². The van der Waals surface area contributed by atoms with Crippen molar-refractivity contribution in [2.75, 3.05) is 0 Å². The molecule has 4 aromatic heterocycles. The quantitative estimate of drug-likeness (QED) is 0.185. The number of fused-ring (bicyclic) bond motifs is 6. The molecule has 0 amide bonds.